The van der Waals surface area contributed by atoms with Crippen LogP contribution in [0.2, 0.25) is 0 Å². The topological polar surface area (TPSA) is 66.5 Å². The number of rotatable bonds is 5. The van der Waals surface area contributed by atoms with Gasteiger partial charge >= 0.3 is 0 Å². The van der Waals surface area contributed by atoms with Gasteiger partial charge in [0.25, 0.3) is 0 Å². The molecule has 0 atom stereocenters. The highest BCUT2D eigenvalue weighted by molar-refractivity contribution is 7.88. The van der Waals surface area contributed by atoms with E-state index in [0.29, 0.717) is 25.9 Å². The van der Waals surface area contributed by atoms with Crippen molar-refractivity contribution >= 4 is 15.9 Å². The monoisotopic (exact) mass is 290 g/mol. The van der Waals surface area contributed by atoms with E-state index in [-0.39, 0.29) is 17.4 Å². The van der Waals surface area contributed by atoms with E-state index in [1.54, 1.807) is 0 Å². The summed E-state index contributed by atoms with van der Waals surface area (Å²) >= 11 is 0. The van der Waals surface area contributed by atoms with E-state index in [1.807, 2.05) is 13.8 Å². The van der Waals surface area contributed by atoms with Gasteiger partial charge in [-0.25, -0.2) is 12.7 Å². The molecule has 5 nitrogen and oxygen atoms in total. The lowest BCUT2D eigenvalue weighted by molar-refractivity contribution is -0.127. The van der Waals surface area contributed by atoms with Crippen LogP contribution in [-0.4, -0.2) is 43.5 Å². The fourth-order valence-electron chi connectivity index (χ4n) is 2.57. The van der Waals surface area contributed by atoms with Crippen LogP contribution in [-0.2, 0) is 14.8 Å². The van der Waals surface area contributed by atoms with Gasteiger partial charge in [-0.05, 0) is 33.1 Å². The lowest BCUT2D eigenvalue weighted by Gasteiger charge is -2.33. The number of nitrogens with zero attached hydrogens (tertiary/aromatic N) is 1. The molecule has 0 bridgehead atoms. The van der Waals surface area contributed by atoms with E-state index < -0.39 is 10.0 Å². The molecule has 1 aliphatic rings. The number of carbonyl (C=O) groups is 1. The summed E-state index contributed by atoms with van der Waals surface area (Å²) in [5, 5.41) is 3.07. The van der Waals surface area contributed by atoms with Gasteiger partial charge in [0.05, 0.1) is 6.26 Å². The quantitative estimate of drug-likeness (QED) is 0.831. The summed E-state index contributed by atoms with van der Waals surface area (Å²) in [6.07, 6.45) is 4.42. The third-order valence-corrected chi connectivity index (χ3v) is 4.93. The van der Waals surface area contributed by atoms with Gasteiger partial charge < -0.3 is 5.32 Å². The van der Waals surface area contributed by atoms with E-state index >= 15 is 0 Å². The van der Waals surface area contributed by atoms with Crippen molar-refractivity contribution in [3.63, 3.8) is 0 Å². The van der Waals surface area contributed by atoms with Crippen molar-refractivity contribution in [2.75, 3.05) is 19.3 Å². The molecule has 1 aliphatic heterocycles. The van der Waals surface area contributed by atoms with Crippen molar-refractivity contribution in [1.82, 2.24) is 9.62 Å². The van der Waals surface area contributed by atoms with Crippen LogP contribution in [0.5, 0.6) is 0 Å². The lowest BCUT2D eigenvalue weighted by Crippen LogP contribution is -2.49. The number of hydrogen-bond donors (Lipinski definition) is 1. The Morgan fingerprint density at radius 3 is 2.26 bits per heavy atom. The molecule has 0 aromatic carbocycles. The summed E-state index contributed by atoms with van der Waals surface area (Å²) in [5.74, 6) is 0.000678. The molecule has 1 rings (SSSR count). The zero-order valence-electron chi connectivity index (χ0n) is 12.4. The minimum absolute atomic E-state index is 0.0610. The number of amides is 1. The highest BCUT2D eigenvalue weighted by Gasteiger charge is 2.31. The maximum Gasteiger partial charge on any atom is 0.223 e. The van der Waals surface area contributed by atoms with Gasteiger partial charge in [-0.3, -0.25) is 4.79 Å². The Morgan fingerprint density at radius 1 is 1.32 bits per heavy atom. The average Bonchev–Trinajstić information content (AvgIpc) is 2.27. The van der Waals surface area contributed by atoms with Crippen molar-refractivity contribution in [1.29, 1.82) is 0 Å². The summed E-state index contributed by atoms with van der Waals surface area (Å²) < 4.78 is 24.3. The lowest BCUT2D eigenvalue weighted by atomic mass is 9.93. The Hall–Kier alpha value is -0.620. The normalized spacial score (nSPS) is 19.4. The molecule has 1 fully saturated rings. The van der Waals surface area contributed by atoms with Crippen LogP contribution < -0.4 is 5.32 Å². The minimum Gasteiger partial charge on any atom is -0.351 e. The summed E-state index contributed by atoms with van der Waals surface area (Å²) in [7, 11) is -3.12. The van der Waals surface area contributed by atoms with Crippen LogP contribution in [0, 0.1) is 5.92 Å². The maximum atomic E-state index is 12.2. The maximum absolute atomic E-state index is 12.2. The Bertz CT molecular complexity index is 410. The van der Waals surface area contributed by atoms with Crippen LogP contribution in [0.25, 0.3) is 0 Å². The highest BCUT2D eigenvalue weighted by Crippen LogP contribution is 2.21. The summed E-state index contributed by atoms with van der Waals surface area (Å²) in [6.45, 7) is 7.05. The second kappa shape index (κ2) is 6.22. The Labute approximate surface area is 116 Å². The van der Waals surface area contributed by atoms with E-state index in [0.717, 1.165) is 12.8 Å². The third-order valence-electron chi connectivity index (χ3n) is 3.63. The second-order valence-corrected chi connectivity index (χ2v) is 8.04. The second-order valence-electron chi connectivity index (χ2n) is 6.06. The molecule has 1 amide bonds. The van der Waals surface area contributed by atoms with E-state index in [9.17, 15) is 13.2 Å². The first-order chi connectivity index (χ1) is 8.65. The molecule has 0 unspecified atom stereocenters. The molecule has 0 radical (unpaired) electrons. The van der Waals surface area contributed by atoms with Crippen LogP contribution in [0.4, 0.5) is 0 Å². The fraction of sp³-hybridized carbons (Fsp3) is 0.923. The van der Waals surface area contributed by atoms with Crippen molar-refractivity contribution in [2.24, 2.45) is 5.92 Å². The van der Waals surface area contributed by atoms with Crippen molar-refractivity contribution in [3.8, 4) is 0 Å². The molecule has 6 heteroatoms. The van der Waals surface area contributed by atoms with Gasteiger partial charge in [-0.2, -0.15) is 0 Å². The number of piperidine rings is 1. The summed E-state index contributed by atoms with van der Waals surface area (Å²) in [4.78, 5) is 12.2. The van der Waals surface area contributed by atoms with E-state index in [1.165, 1.54) is 10.6 Å². The molecule has 0 aromatic rings. The molecule has 0 saturated carbocycles. The van der Waals surface area contributed by atoms with Gasteiger partial charge in [0, 0.05) is 24.5 Å². The first-order valence-corrected chi connectivity index (χ1v) is 8.77. The standard InChI is InChI=1S/C13H26N2O3S/c1-5-8-13(2,3)14-12(16)11-6-9-15(10-7-11)19(4,17)18/h11H,5-10H2,1-4H3,(H,14,16). The summed E-state index contributed by atoms with van der Waals surface area (Å²) in [5.41, 5.74) is -0.181. The molecule has 0 aromatic heterocycles. The number of hydrogen-bond acceptors (Lipinski definition) is 3. The first kappa shape index (κ1) is 16.4. The number of carbonyl (C=O) groups excluding carboxylic acids is 1. The van der Waals surface area contributed by atoms with Crippen LogP contribution in [0.15, 0.2) is 0 Å². The molecule has 1 heterocycles. The van der Waals surface area contributed by atoms with Crippen LogP contribution >= 0.6 is 0 Å². The molecule has 1 saturated heterocycles. The SMILES string of the molecule is CCCC(C)(C)NC(=O)C1CCN(S(C)(=O)=O)CC1. The molecule has 112 valence electrons. The van der Waals surface area contributed by atoms with Gasteiger partial charge in [0.1, 0.15) is 0 Å². The predicted octanol–water partition coefficient (Wildman–Crippen LogP) is 1.35. The van der Waals surface area contributed by atoms with Gasteiger partial charge in [-0.15, -0.1) is 0 Å². The third kappa shape index (κ3) is 5.10. The summed E-state index contributed by atoms with van der Waals surface area (Å²) in [6, 6.07) is 0. The highest BCUT2D eigenvalue weighted by atomic mass is 32.2. The van der Waals surface area contributed by atoms with Crippen LogP contribution in [0.3, 0.4) is 0 Å². The van der Waals surface area contributed by atoms with E-state index in [4.69, 9.17) is 0 Å². The fourth-order valence-corrected chi connectivity index (χ4v) is 3.45. The Kier molecular flexibility index (Phi) is 5.38. The van der Waals surface area contributed by atoms with Crippen molar-refractivity contribution < 1.29 is 13.2 Å². The van der Waals surface area contributed by atoms with Crippen molar-refractivity contribution in [3.05, 3.63) is 0 Å². The first-order valence-electron chi connectivity index (χ1n) is 6.93. The Balaban J connectivity index is 2.50. The minimum atomic E-state index is -3.12. The van der Waals surface area contributed by atoms with Gasteiger partial charge in [0.15, 0.2) is 0 Å². The largest absolute Gasteiger partial charge is 0.351 e. The van der Waals surface area contributed by atoms with Crippen molar-refractivity contribution in [2.45, 2.75) is 52.0 Å². The van der Waals surface area contributed by atoms with E-state index in [2.05, 4.69) is 12.2 Å². The van der Waals surface area contributed by atoms with Crippen LogP contribution in [0.1, 0.15) is 46.5 Å². The molecule has 0 spiro atoms. The zero-order valence-corrected chi connectivity index (χ0v) is 13.2. The molecule has 1 N–H and O–H groups in total. The number of nitrogens with one attached hydrogen (secondary N) is 1. The predicted molar refractivity (Wildman–Crippen MR) is 76.3 cm³/mol. The average molecular weight is 290 g/mol. The molecular formula is C13H26N2O3S. The molecular weight excluding hydrogens is 264 g/mol. The molecule has 0 aliphatic carbocycles. The van der Waals surface area contributed by atoms with Gasteiger partial charge in [0.2, 0.25) is 15.9 Å². The number of sulfonamides is 1. The molecule has 19 heavy (non-hydrogen) atoms. The van der Waals surface area contributed by atoms with Gasteiger partial charge in [-0.1, -0.05) is 13.3 Å². The smallest absolute Gasteiger partial charge is 0.223 e. The zero-order chi connectivity index (χ0) is 14.7. The Morgan fingerprint density at radius 2 is 1.84 bits per heavy atom.